The number of hydrogen-bond acceptors (Lipinski definition) is 3. The van der Waals surface area contributed by atoms with E-state index in [0.717, 1.165) is 4.47 Å². The van der Waals surface area contributed by atoms with Gasteiger partial charge in [0.2, 0.25) is 0 Å². The fourth-order valence-electron chi connectivity index (χ4n) is 1.55. The van der Waals surface area contributed by atoms with Crippen LogP contribution in [-0.2, 0) is 6.61 Å². The van der Waals surface area contributed by atoms with Crippen molar-refractivity contribution in [1.82, 2.24) is 0 Å². The standard InChI is InChI=1S/C13H9BrClNO3/c14-10-2-1-3-12(6-10)19-8-9-4-5-11(15)7-13(9)16(17)18/h1-7H,8H2. The van der Waals surface area contributed by atoms with E-state index < -0.39 is 4.92 Å². The molecule has 0 heterocycles. The smallest absolute Gasteiger partial charge is 0.277 e. The van der Waals surface area contributed by atoms with Crippen LogP contribution in [0.5, 0.6) is 5.75 Å². The molecule has 0 fully saturated rings. The number of benzene rings is 2. The number of nitro benzene ring substituents is 1. The molecule has 98 valence electrons. The van der Waals surface area contributed by atoms with Gasteiger partial charge in [0.1, 0.15) is 12.4 Å². The van der Waals surface area contributed by atoms with Crippen molar-refractivity contribution in [2.24, 2.45) is 0 Å². The first-order chi connectivity index (χ1) is 9.06. The van der Waals surface area contributed by atoms with Crippen LogP contribution in [0.1, 0.15) is 5.56 Å². The summed E-state index contributed by atoms with van der Waals surface area (Å²) >= 11 is 9.08. The van der Waals surface area contributed by atoms with Crippen LogP contribution < -0.4 is 4.74 Å². The molecule has 0 spiro atoms. The minimum absolute atomic E-state index is 0.0394. The number of ether oxygens (including phenoxy) is 1. The predicted molar refractivity (Wildman–Crippen MR) is 76.6 cm³/mol. The van der Waals surface area contributed by atoms with Crippen LogP contribution in [0.2, 0.25) is 5.02 Å². The summed E-state index contributed by atoms with van der Waals surface area (Å²) in [5.74, 6) is 0.638. The average Bonchev–Trinajstić information content (AvgIpc) is 2.37. The second-order valence-corrected chi connectivity index (χ2v) is 5.13. The van der Waals surface area contributed by atoms with Crippen molar-refractivity contribution in [3.8, 4) is 5.75 Å². The second-order valence-electron chi connectivity index (χ2n) is 3.78. The molecule has 0 saturated carbocycles. The normalized spacial score (nSPS) is 10.2. The highest BCUT2D eigenvalue weighted by Gasteiger charge is 2.14. The Bertz CT molecular complexity index is 619. The zero-order valence-corrected chi connectivity index (χ0v) is 12.0. The van der Waals surface area contributed by atoms with Crippen molar-refractivity contribution in [2.45, 2.75) is 6.61 Å². The lowest BCUT2D eigenvalue weighted by molar-refractivity contribution is -0.385. The molecule has 2 aromatic carbocycles. The average molecular weight is 343 g/mol. The Morgan fingerprint density at radius 3 is 2.74 bits per heavy atom. The van der Waals surface area contributed by atoms with Crippen LogP contribution in [0.25, 0.3) is 0 Å². The van der Waals surface area contributed by atoms with E-state index in [1.54, 1.807) is 24.3 Å². The lowest BCUT2D eigenvalue weighted by Crippen LogP contribution is -2.00. The van der Waals surface area contributed by atoms with Gasteiger partial charge in [0.25, 0.3) is 5.69 Å². The molecule has 0 atom stereocenters. The van der Waals surface area contributed by atoms with Gasteiger partial charge >= 0.3 is 0 Å². The SMILES string of the molecule is O=[N+]([O-])c1cc(Cl)ccc1COc1cccc(Br)c1. The highest BCUT2D eigenvalue weighted by molar-refractivity contribution is 9.10. The fourth-order valence-corrected chi connectivity index (χ4v) is 2.09. The molecule has 0 aliphatic carbocycles. The first-order valence-corrected chi connectivity index (χ1v) is 6.54. The van der Waals surface area contributed by atoms with Gasteiger partial charge in [0, 0.05) is 15.6 Å². The molecule has 0 aromatic heterocycles. The van der Waals surface area contributed by atoms with Crippen molar-refractivity contribution >= 4 is 33.2 Å². The van der Waals surface area contributed by atoms with Gasteiger partial charge in [0.05, 0.1) is 10.5 Å². The zero-order valence-electron chi connectivity index (χ0n) is 9.68. The van der Waals surface area contributed by atoms with Crippen LogP contribution >= 0.6 is 27.5 Å². The summed E-state index contributed by atoms with van der Waals surface area (Å²) in [5.41, 5.74) is 0.442. The van der Waals surface area contributed by atoms with E-state index >= 15 is 0 Å². The lowest BCUT2D eigenvalue weighted by Gasteiger charge is -2.07. The van der Waals surface area contributed by atoms with Crippen molar-refractivity contribution < 1.29 is 9.66 Å². The molecule has 0 aliphatic heterocycles. The van der Waals surface area contributed by atoms with Crippen LogP contribution in [0, 0.1) is 10.1 Å². The number of rotatable bonds is 4. The van der Waals surface area contributed by atoms with E-state index in [0.29, 0.717) is 16.3 Å². The van der Waals surface area contributed by atoms with Gasteiger partial charge in [-0.25, -0.2) is 0 Å². The van der Waals surface area contributed by atoms with Gasteiger partial charge in [0.15, 0.2) is 0 Å². The van der Waals surface area contributed by atoms with Gasteiger partial charge in [-0.1, -0.05) is 33.6 Å². The van der Waals surface area contributed by atoms with E-state index in [-0.39, 0.29) is 12.3 Å². The van der Waals surface area contributed by atoms with Crippen LogP contribution in [-0.4, -0.2) is 4.92 Å². The highest BCUT2D eigenvalue weighted by atomic mass is 79.9. The fraction of sp³-hybridized carbons (Fsp3) is 0.0769. The summed E-state index contributed by atoms with van der Waals surface area (Å²) < 4.78 is 6.41. The Morgan fingerprint density at radius 1 is 1.26 bits per heavy atom. The van der Waals surface area contributed by atoms with Gasteiger partial charge in [-0.15, -0.1) is 0 Å². The van der Waals surface area contributed by atoms with E-state index in [4.69, 9.17) is 16.3 Å². The number of halogens is 2. The Morgan fingerprint density at radius 2 is 2.05 bits per heavy atom. The summed E-state index contributed by atoms with van der Waals surface area (Å²) in [6.07, 6.45) is 0. The Balaban J connectivity index is 2.17. The van der Waals surface area contributed by atoms with Gasteiger partial charge in [-0.3, -0.25) is 10.1 Å². The summed E-state index contributed by atoms with van der Waals surface area (Å²) in [6, 6.07) is 11.8. The third-order valence-electron chi connectivity index (χ3n) is 2.43. The molecule has 0 aliphatic rings. The van der Waals surface area contributed by atoms with Crippen LogP contribution in [0.3, 0.4) is 0 Å². The first kappa shape index (κ1) is 13.8. The van der Waals surface area contributed by atoms with E-state index in [1.165, 1.54) is 6.07 Å². The molecule has 4 nitrogen and oxygen atoms in total. The lowest BCUT2D eigenvalue weighted by atomic mass is 10.2. The van der Waals surface area contributed by atoms with E-state index in [2.05, 4.69) is 15.9 Å². The van der Waals surface area contributed by atoms with E-state index in [9.17, 15) is 10.1 Å². The Kier molecular flexibility index (Phi) is 4.39. The maximum atomic E-state index is 10.9. The molecule has 0 amide bonds. The first-order valence-electron chi connectivity index (χ1n) is 5.37. The molecular weight excluding hydrogens is 334 g/mol. The largest absolute Gasteiger partial charge is 0.489 e. The molecule has 2 rings (SSSR count). The molecule has 0 bridgehead atoms. The van der Waals surface area contributed by atoms with Crippen LogP contribution in [0.15, 0.2) is 46.9 Å². The molecule has 0 unspecified atom stereocenters. The quantitative estimate of drug-likeness (QED) is 0.603. The second kappa shape index (κ2) is 6.04. The van der Waals surface area contributed by atoms with Gasteiger partial charge < -0.3 is 4.74 Å². The maximum Gasteiger partial charge on any atom is 0.277 e. The summed E-state index contributed by atoms with van der Waals surface area (Å²) in [4.78, 5) is 10.5. The number of nitrogens with zero attached hydrogens (tertiary/aromatic N) is 1. The molecule has 0 radical (unpaired) electrons. The minimum atomic E-state index is -0.467. The molecule has 2 aromatic rings. The van der Waals surface area contributed by atoms with Crippen molar-refractivity contribution in [1.29, 1.82) is 0 Å². The monoisotopic (exact) mass is 341 g/mol. The summed E-state index contributed by atoms with van der Waals surface area (Å²) in [6.45, 7) is 0.115. The van der Waals surface area contributed by atoms with Crippen molar-refractivity contribution in [3.63, 3.8) is 0 Å². The molecule has 19 heavy (non-hydrogen) atoms. The number of hydrogen-bond donors (Lipinski definition) is 0. The topological polar surface area (TPSA) is 52.4 Å². The van der Waals surface area contributed by atoms with Crippen molar-refractivity contribution in [2.75, 3.05) is 0 Å². The zero-order chi connectivity index (χ0) is 13.8. The molecular formula is C13H9BrClNO3. The Labute approximate surface area is 123 Å². The van der Waals surface area contributed by atoms with Gasteiger partial charge in [-0.05, 0) is 30.3 Å². The summed E-state index contributed by atoms with van der Waals surface area (Å²) in [7, 11) is 0. The van der Waals surface area contributed by atoms with E-state index in [1.807, 2.05) is 12.1 Å². The molecule has 0 saturated heterocycles. The molecule has 6 heteroatoms. The predicted octanol–water partition coefficient (Wildman–Crippen LogP) is 4.59. The third kappa shape index (κ3) is 3.68. The highest BCUT2D eigenvalue weighted by Crippen LogP contribution is 2.25. The Hall–Kier alpha value is -1.59. The van der Waals surface area contributed by atoms with Crippen molar-refractivity contribution in [3.05, 3.63) is 67.6 Å². The summed E-state index contributed by atoms with van der Waals surface area (Å²) in [5, 5.41) is 11.3. The minimum Gasteiger partial charge on any atom is -0.489 e. The molecule has 0 N–H and O–H groups in total. The number of nitro groups is 1. The van der Waals surface area contributed by atoms with Gasteiger partial charge in [-0.2, -0.15) is 0 Å². The van der Waals surface area contributed by atoms with Crippen LogP contribution in [0.4, 0.5) is 5.69 Å². The maximum absolute atomic E-state index is 10.9. The third-order valence-corrected chi connectivity index (χ3v) is 3.16.